The van der Waals surface area contributed by atoms with Gasteiger partial charge < -0.3 is 15.2 Å². The average Bonchev–Trinajstić information content (AvgIpc) is 2.46. The van der Waals surface area contributed by atoms with Gasteiger partial charge in [0.15, 0.2) is 0 Å². The molecule has 0 amide bonds. The van der Waals surface area contributed by atoms with E-state index in [1.54, 1.807) is 0 Å². The summed E-state index contributed by atoms with van der Waals surface area (Å²) in [7, 11) is 0. The molecule has 0 saturated carbocycles. The van der Waals surface area contributed by atoms with Crippen molar-refractivity contribution in [2.75, 3.05) is 0 Å². The Labute approximate surface area is 79.1 Å². The van der Waals surface area contributed by atoms with E-state index in [0.29, 0.717) is 5.82 Å². The molecule has 0 spiro atoms. The van der Waals surface area contributed by atoms with Crippen molar-refractivity contribution in [3.8, 4) is 0 Å². The van der Waals surface area contributed by atoms with Gasteiger partial charge in [0.2, 0.25) is 5.82 Å². The van der Waals surface area contributed by atoms with Gasteiger partial charge >= 0.3 is 11.8 Å². The van der Waals surface area contributed by atoms with Gasteiger partial charge in [-0.15, -0.1) is 0 Å². The van der Waals surface area contributed by atoms with Crippen molar-refractivity contribution in [2.45, 2.75) is 19.9 Å². The quantitative estimate of drug-likeness (QED) is 0.571. The summed E-state index contributed by atoms with van der Waals surface area (Å²) < 4.78 is 1.25. The van der Waals surface area contributed by atoms with E-state index in [1.807, 2.05) is 0 Å². The minimum atomic E-state index is -1.06. The van der Waals surface area contributed by atoms with E-state index in [4.69, 9.17) is 5.11 Å². The van der Waals surface area contributed by atoms with Gasteiger partial charge in [-0.05, 0) is 16.8 Å². The lowest BCUT2D eigenvalue weighted by molar-refractivity contribution is -0.389. The van der Waals surface area contributed by atoms with E-state index in [-0.39, 0.29) is 5.82 Å². The summed E-state index contributed by atoms with van der Waals surface area (Å²) in [6, 6.07) is -0.851. The average molecular weight is 199 g/mol. The molecule has 1 N–H and O–H groups in total. The maximum Gasteiger partial charge on any atom is 0.381 e. The van der Waals surface area contributed by atoms with Crippen LogP contribution in [-0.4, -0.2) is 25.6 Å². The molecule has 0 radical (unpaired) electrons. The summed E-state index contributed by atoms with van der Waals surface area (Å²) in [4.78, 5) is 23.9. The Bertz CT molecular complexity index is 384. The SMILES string of the molecule is Cc1nc([N+](=O)[O-])cn1C(C)C(=O)O. The molecule has 76 valence electrons. The zero-order chi connectivity index (χ0) is 10.9. The molecular formula is C7H9N3O4. The molecule has 0 aliphatic carbocycles. The van der Waals surface area contributed by atoms with Crippen LogP contribution in [0.3, 0.4) is 0 Å². The molecule has 1 unspecified atom stereocenters. The number of nitrogens with zero attached hydrogens (tertiary/aromatic N) is 3. The number of hydrogen-bond donors (Lipinski definition) is 1. The van der Waals surface area contributed by atoms with Crippen LogP contribution in [0.5, 0.6) is 0 Å². The van der Waals surface area contributed by atoms with Gasteiger partial charge in [0, 0.05) is 6.92 Å². The lowest BCUT2D eigenvalue weighted by Gasteiger charge is -2.06. The Balaban J connectivity index is 3.10. The number of imidazole rings is 1. The first-order valence-corrected chi connectivity index (χ1v) is 3.86. The maximum absolute atomic E-state index is 10.6. The third-order valence-electron chi connectivity index (χ3n) is 1.87. The fourth-order valence-electron chi connectivity index (χ4n) is 1.07. The number of carboxylic acids is 1. The highest BCUT2D eigenvalue weighted by atomic mass is 16.6. The van der Waals surface area contributed by atoms with E-state index >= 15 is 0 Å². The van der Waals surface area contributed by atoms with Gasteiger partial charge in [0.25, 0.3) is 0 Å². The second-order valence-corrected chi connectivity index (χ2v) is 2.82. The fourth-order valence-corrected chi connectivity index (χ4v) is 1.07. The topological polar surface area (TPSA) is 98.3 Å². The van der Waals surface area contributed by atoms with Crippen molar-refractivity contribution in [1.29, 1.82) is 0 Å². The van der Waals surface area contributed by atoms with Crippen molar-refractivity contribution < 1.29 is 14.8 Å². The van der Waals surface area contributed by atoms with Crippen LogP contribution in [0.25, 0.3) is 0 Å². The Hall–Kier alpha value is -1.92. The highest BCUT2D eigenvalue weighted by Gasteiger charge is 2.22. The summed E-state index contributed by atoms with van der Waals surface area (Å²) >= 11 is 0. The molecule has 7 heteroatoms. The first-order valence-electron chi connectivity index (χ1n) is 3.86. The highest BCUT2D eigenvalue weighted by Crippen LogP contribution is 2.15. The minimum Gasteiger partial charge on any atom is -0.480 e. The molecule has 1 atom stereocenters. The molecule has 0 bridgehead atoms. The Morgan fingerprint density at radius 1 is 1.79 bits per heavy atom. The van der Waals surface area contributed by atoms with Gasteiger partial charge in [-0.1, -0.05) is 0 Å². The normalized spacial score (nSPS) is 12.4. The van der Waals surface area contributed by atoms with E-state index in [1.165, 1.54) is 18.4 Å². The van der Waals surface area contributed by atoms with E-state index < -0.39 is 16.9 Å². The van der Waals surface area contributed by atoms with Gasteiger partial charge in [0.05, 0.1) is 0 Å². The Morgan fingerprint density at radius 3 is 2.71 bits per heavy atom. The smallest absolute Gasteiger partial charge is 0.381 e. The van der Waals surface area contributed by atoms with Crippen LogP contribution in [0.2, 0.25) is 0 Å². The third-order valence-corrected chi connectivity index (χ3v) is 1.87. The van der Waals surface area contributed by atoms with Crippen molar-refractivity contribution in [3.63, 3.8) is 0 Å². The molecule has 7 nitrogen and oxygen atoms in total. The summed E-state index contributed by atoms with van der Waals surface area (Å²) in [5.74, 6) is -1.08. The zero-order valence-corrected chi connectivity index (χ0v) is 7.67. The maximum atomic E-state index is 10.6. The van der Waals surface area contributed by atoms with Gasteiger partial charge in [0.1, 0.15) is 12.2 Å². The van der Waals surface area contributed by atoms with Crippen molar-refractivity contribution in [1.82, 2.24) is 9.55 Å². The number of hydrogen-bond acceptors (Lipinski definition) is 4. The predicted octanol–water partition coefficient (Wildman–Crippen LogP) is 0.745. The summed E-state index contributed by atoms with van der Waals surface area (Å²) in [5, 5.41) is 19.0. The van der Waals surface area contributed by atoms with Crippen LogP contribution < -0.4 is 0 Å². The lowest BCUT2D eigenvalue weighted by atomic mass is 10.3. The molecule has 0 aliphatic rings. The standard InChI is InChI=1S/C7H9N3O4/c1-4(7(11)12)9-3-6(10(13)14)8-5(9)2/h3-4H,1-2H3,(H,11,12). The summed E-state index contributed by atoms with van der Waals surface area (Å²) in [5.41, 5.74) is 0. The van der Waals surface area contributed by atoms with E-state index in [0.717, 1.165) is 6.20 Å². The number of aryl methyl sites for hydroxylation is 1. The number of carbonyl (C=O) groups is 1. The molecular weight excluding hydrogens is 190 g/mol. The van der Waals surface area contributed by atoms with Gasteiger partial charge in [-0.3, -0.25) is 4.57 Å². The number of rotatable bonds is 3. The monoisotopic (exact) mass is 199 g/mol. The van der Waals surface area contributed by atoms with Crippen LogP contribution in [0.1, 0.15) is 18.8 Å². The second-order valence-electron chi connectivity index (χ2n) is 2.82. The Kier molecular flexibility index (Phi) is 2.50. The molecule has 1 rings (SSSR count). The first kappa shape index (κ1) is 10.2. The molecule has 0 aromatic carbocycles. The van der Waals surface area contributed by atoms with Crippen LogP contribution >= 0.6 is 0 Å². The highest BCUT2D eigenvalue weighted by molar-refractivity contribution is 5.71. The zero-order valence-electron chi connectivity index (χ0n) is 7.67. The van der Waals surface area contributed by atoms with Gasteiger partial charge in [-0.25, -0.2) is 4.79 Å². The van der Waals surface area contributed by atoms with E-state index in [2.05, 4.69) is 4.98 Å². The molecule has 0 aliphatic heterocycles. The molecule has 0 fully saturated rings. The second kappa shape index (κ2) is 3.44. The predicted molar refractivity (Wildman–Crippen MR) is 46.0 cm³/mol. The number of aromatic nitrogens is 2. The number of carboxylic acid groups (broad SMARTS) is 1. The molecule has 1 heterocycles. The fraction of sp³-hybridized carbons (Fsp3) is 0.429. The summed E-state index contributed by atoms with van der Waals surface area (Å²) in [6.45, 7) is 2.95. The molecule has 0 saturated heterocycles. The van der Waals surface area contributed by atoms with Crippen molar-refractivity contribution in [3.05, 3.63) is 22.1 Å². The minimum absolute atomic E-state index is 0.312. The lowest BCUT2D eigenvalue weighted by Crippen LogP contribution is -2.15. The van der Waals surface area contributed by atoms with Gasteiger partial charge in [-0.2, -0.15) is 0 Å². The van der Waals surface area contributed by atoms with Crippen molar-refractivity contribution >= 4 is 11.8 Å². The van der Waals surface area contributed by atoms with E-state index in [9.17, 15) is 14.9 Å². The first-order chi connectivity index (χ1) is 6.43. The largest absolute Gasteiger partial charge is 0.480 e. The molecule has 1 aromatic rings. The molecule has 1 aromatic heterocycles. The molecule has 14 heavy (non-hydrogen) atoms. The number of aliphatic carboxylic acids is 1. The van der Waals surface area contributed by atoms with Crippen LogP contribution in [0.15, 0.2) is 6.20 Å². The van der Waals surface area contributed by atoms with Crippen LogP contribution in [-0.2, 0) is 4.79 Å². The van der Waals surface area contributed by atoms with Crippen LogP contribution in [0.4, 0.5) is 5.82 Å². The number of nitro groups is 1. The summed E-state index contributed by atoms with van der Waals surface area (Å²) in [6.07, 6.45) is 1.12. The third kappa shape index (κ3) is 1.70. The van der Waals surface area contributed by atoms with Crippen LogP contribution in [0, 0.1) is 17.0 Å². The Morgan fingerprint density at radius 2 is 2.36 bits per heavy atom. The van der Waals surface area contributed by atoms with Crippen molar-refractivity contribution in [2.24, 2.45) is 0 Å².